The Morgan fingerprint density at radius 3 is 3.05 bits per heavy atom. The molecule has 2 atom stereocenters. The number of aromatic nitrogens is 1. The van der Waals surface area contributed by atoms with Crippen molar-refractivity contribution in [1.82, 2.24) is 4.57 Å². The van der Waals surface area contributed by atoms with Gasteiger partial charge in [0.1, 0.15) is 17.7 Å². The van der Waals surface area contributed by atoms with Crippen LogP contribution in [0.25, 0.3) is 0 Å². The Kier molecular flexibility index (Phi) is 3.03. The first kappa shape index (κ1) is 12.2. The predicted molar refractivity (Wildman–Crippen MR) is 71.6 cm³/mol. The minimum Gasteiger partial charge on any atom is -0.488 e. The molecule has 1 aromatic carbocycles. The number of nitrogens with two attached hydrogens (primary N) is 1. The lowest BCUT2D eigenvalue weighted by Gasteiger charge is -2.11. The van der Waals surface area contributed by atoms with E-state index in [1.165, 1.54) is 6.07 Å². The molecule has 0 spiro atoms. The third kappa shape index (κ3) is 2.49. The number of ether oxygens (including phenoxy) is 1. The van der Waals surface area contributed by atoms with Gasteiger partial charge in [0, 0.05) is 30.4 Å². The van der Waals surface area contributed by atoms with Crippen LogP contribution in [0.15, 0.2) is 36.7 Å². The van der Waals surface area contributed by atoms with E-state index in [1.54, 1.807) is 12.1 Å². The molecule has 19 heavy (non-hydrogen) atoms. The smallest absolute Gasteiger partial charge is 0.123 e. The van der Waals surface area contributed by atoms with E-state index in [1.807, 2.05) is 25.4 Å². The number of rotatable bonds is 3. The first-order valence-electron chi connectivity index (χ1n) is 6.48. The quantitative estimate of drug-likeness (QED) is 0.921. The van der Waals surface area contributed by atoms with E-state index >= 15 is 0 Å². The Hall–Kier alpha value is -1.81. The fraction of sp³-hybridized carbons (Fsp3) is 0.333. The summed E-state index contributed by atoms with van der Waals surface area (Å²) in [5.74, 6) is 0.592. The van der Waals surface area contributed by atoms with Crippen LogP contribution < -0.4 is 10.5 Å². The highest BCUT2D eigenvalue weighted by molar-refractivity contribution is 5.37. The van der Waals surface area contributed by atoms with Crippen molar-refractivity contribution in [1.29, 1.82) is 0 Å². The molecule has 0 saturated heterocycles. The molecule has 0 fully saturated rings. The second kappa shape index (κ2) is 4.70. The van der Waals surface area contributed by atoms with Crippen molar-refractivity contribution in [2.24, 2.45) is 5.73 Å². The van der Waals surface area contributed by atoms with E-state index in [-0.39, 0.29) is 18.0 Å². The van der Waals surface area contributed by atoms with Gasteiger partial charge in [-0.25, -0.2) is 4.39 Å². The van der Waals surface area contributed by atoms with Crippen LogP contribution >= 0.6 is 0 Å². The lowest BCUT2D eigenvalue weighted by atomic mass is 10.1. The fourth-order valence-corrected chi connectivity index (χ4v) is 2.47. The summed E-state index contributed by atoms with van der Waals surface area (Å²) >= 11 is 0. The lowest BCUT2D eigenvalue weighted by Crippen LogP contribution is -2.20. The van der Waals surface area contributed by atoms with Gasteiger partial charge < -0.3 is 15.0 Å². The third-order valence-electron chi connectivity index (χ3n) is 3.48. The van der Waals surface area contributed by atoms with Crippen molar-refractivity contribution in [3.05, 3.63) is 53.6 Å². The average molecular weight is 260 g/mol. The molecule has 100 valence electrons. The monoisotopic (exact) mass is 260 g/mol. The number of fused-ring (bicyclic) bond motifs is 1. The van der Waals surface area contributed by atoms with E-state index in [9.17, 15) is 4.39 Å². The van der Waals surface area contributed by atoms with Crippen LogP contribution in [0.5, 0.6) is 5.75 Å². The number of halogens is 1. The van der Waals surface area contributed by atoms with Gasteiger partial charge in [-0.2, -0.15) is 0 Å². The molecule has 0 bridgehead atoms. The highest BCUT2D eigenvalue weighted by Gasteiger charge is 2.23. The molecule has 1 aromatic heterocycles. The molecule has 1 aliphatic rings. The molecular formula is C15H17FN2O. The van der Waals surface area contributed by atoms with E-state index in [0.29, 0.717) is 0 Å². The first-order chi connectivity index (χ1) is 9.11. The largest absolute Gasteiger partial charge is 0.488 e. The molecule has 3 rings (SSSR count). The molecule has 4 heteroatoms. The standard InChI is InChI=1S/C15H17FN2O/c1-10(17)11-4-5-18(8-11)9-14-7-12-6-13(16)2-3-15(12)19-14/h2-6,8,10,14H,7,9,17H2,1H3. The Balaban J connectivity index is 1.69. The van der Waals surface area contributed by atoms with Gasteiger partial charge in [0.05, 0.1) is 6.54 Å². The highest BCUT2D eigenvalue weighted by atomic mass is 19.1. The van der Waals surface area contributed by atoms with Crippen molar-refractivity contribution in [3.8, 4) is 5.75 Å². The van der Waals surface area contributed by atoms with Crippen LogP contribution in [0.4, 0.5) is 4.39 Å². The van der Waals surface area contributed by atoms with Gasteiger partial charge >= 0.3 is 0 Å². The molecule has 0 amide bonds. The van der Waals surface area contributed by atoms with E-state index < -0.39 is 0 Å². The summed E-state index contributed by atoms with van der Waals surface area (Å²) in [6.45, 7) is 2.72. The number of hydrogen-bond donors (Lipinski definition) is 1. The van der Waals surface area contributed by atoms with Crippen molar-refractivity contribution in [2.75, 3.05) is 0 Å². The summed E-state index contributed by atoms with van der Waals surface area (Å²) in [7, 11) is 0. The summed E-state index contributed by atoms with van der Waals surface area (Å²) in [5.41, 5.74) is 7.90. The third-order valence-corrected chi connectivity index (χ3v) is 3.48. The summed E-state index contributed by atoms with van der Waals surface area (Å²) in [5, 5.41) is 0. The van der Waals surface area contributed by atoms with Crippen molar-refractivity contribution >= 4 is 0 Å². The zero-order valence-electron chi connectivity index (χ0n) is 10.8. The second-order valence-electron chi connectivity index (χ2n) is 5.13. The van der Waals surface area contributed by atoms with Crippen molar-refractivity contribution < 1.29 is 9.13 Å². The van der Waals surface area contributed by atoms with E-state index in [0.717, 1.165) is 29.8 Å². The van der Waals surface area contributed by atoms with Crippen LogP contribution in [-0.2, 0) is 13.0 Å². The molecule has 2 N–H and O–H groups in total. The Morgan fingerprint density at radius 2 is 2.32 bits per heavy atom. The minimum atomic E-state index is -0.205. The average Bonchev–Trinajstić information content (AvgIpc) is 2.95. The van der Waals surface area contributed by atoms with Gasteiger partial charge in [0.15, 0.2) is 0 Å². The Bertz CT molecular complexity index is 592. The van der Waals surface area contributed by atoms with Crippen LogP contribution in [0.1, 0.15) is 24.1 Å². The van der Waals surface area contributed by atoms with Crippen LogP contribution in [0.2, 0.25) is 0 Å². The maximum atomic E-state index is 13.1. The summed E-state index contributed by atoms with van der Waals surface area (Å²) < 4.78 is 21.0. The van der Waals surface area contributed by atoms with Crippen LogP contribution in [-0.4, -0.2) is 10.7 Å². The fourth-order valence-electron chi connectivity index (χ4n) is 2.47. The van der Waals surface area contributed by atoms with Gasteiger partial charge in [-0.1, -0.05) is 0 Å². The normalized spacial score (nSPS) is 19.0. The highest BCUT2D eigenvalue weighted by Crippen LogP contribution is 2.30. The van der Waals surface area contributed by atoms with Gasteiger partial charge in [-0.05, 0) is 36.8 Å². The molecule has 2 heterocycles. The van der Waals surface area contributed by atoms with Crippen molar-refractivity contribution in [3.63, 3.8) is 0 Å². The van der Waals surface area contributed by atoms with E-state index in [4.69, 9.17) is 10.5 Å². The summed E-state index contributed by atoms with van der Waals surface area (Å²) in [6.07, 6.45) is 4.85. The molecule has 2 unspecified atom stereocenters. The zero-order valence-corrected chi connectivity index (χ0v) is 10.8. The topological polar surface area (TPSA) is 40.2 Å². The lowest BCUT2D eigenvalue weighted by molar-refractivity contribution is 0.209. The molecule has 1 aliphatic heterocycles. The van der Waals surface area contributed by atoms with Crippen LogP contribution in [0.3, 0.4) is 0 Å². The predicted octanol–water partition coefficient (Wildman–Crippen LogP) is 2.65. The Morgan fingerprint density at radius 1 is 1.47 bits per heavy atom. The van der Waals surface area contributed by atoms with Crippen molar-refractivity contribution in [2.45, 2.75) is 32.0 Å². The summed E-state index contributed by atoms with van der Waals surface area (Å²) in [4.78, 5) is 0. The molecular weight excluding hydrogens is 243 g/mol. The number of nitrogens with zero attached hydrogens (tertiary/aromatic N) is 1. The van der Waals surface area contributed by atoms with Gasteiger partial charge in [-0.3, -0.25) is 0 Å². The Labute approximate surface area is 111 Å². The SMILES string of the molecule is CC(N)c1ccn(CC2Cc3cc(F)ccc3O2)c1. The van der Waals surface area contributed by atoms with Gasteiger partial charge in [0.2, 0.25) is 0 Å². The molecule has 3 nitrogen and oxygen atoms in total. The second-order valence-corrected chi connectivity index (χ2v) is 5.13. The molecule has 0 saturated carbocycles. The van der Waals surface area contributed by atoms with Gasteiger partial charge in [-0.15, -0.1) is 0 Å². The first-order valence-corrected chi connectivity index (χ1v) is 6.48. The number of hydrogen-bond acceptors (Lipinski definition) is 2. The minimum absolute atomic E-state index is 0.0389. The molecule has 2 aromatic rings. The van der Waals surface area contributed by atoms with Gasteiger partial charge in [0.25, 0.3) is 0 Å². The van der Waals surface area contributed by atoms with E-state index in [2.05, 4.69) is 4.57 Å². The maximum absolute atomic E-state index is 13.1. The zero-order chi connectivity index (χ0) is 13.4. The molecule has 0 radical (unpaired) electrons. The van der Waals surface area contributed by atoms with Crippen LogP contribution in [0, 0.1) is 5.82 Å². The molecule has 0 aliphatic carbocycles. The number of benzene rings is 1. The maximum Gasteiger partial charge on any atom is 0.123 e. The summed E-state index contributed by atoms with van der Waals surface area (Å²) in [6, 6.07) is 6.75.